The van der Waals surface area contributed by atoms with Gasteiger partial charge in [-0.15, -0.1) is 0 Å². The number of imide groups is 1. The van der Waals surface area contributed by atoms with E-state index in [0.717, 1.165) is 22.2 Å². The minimum Gasteiger partial charge on any atom is -0.493 e. The molecule has 0 aromatic heterocycles. The van der Waals surface area contributed by atoms with Crippen molar-refractivity contribution in [3.63, 3.8) is 0 Å². The minimum atomic E-state index is -0.687. The highest BCUT2D eigenvalue weighted by Gasteiger charge is 2.36. The number of ether oxygens (including phenoxy) is 3. The number of hydrogen-bond donors (Lipinski definition) is 1. The third-order valence-electron chi connectivity index (χ3n) is 4.57. The number of carbonyl (C=O) groups excluding carboxylic acids is 4. The van der Waals surface area contributed by atoms with Gasteiger partial charge in [-0.2, -0.15) is 0 Å². The molecule has 0 atom stereocenters. The zero-order valence-corrected chi connectivity index (χ0v) is 19.1. The van der Waals surface area contributed by atoms with E-state index in [1.807, 2.05) is 19.1 Å². The largest absolute Gasteiger partial charge is 0.493 e. The van der Waals surface area contributed by atoms with E-state index in [4.69, 9.17) is 9.47 Å². The Hall–Kier alpha value is -3.79. The molecule has 0 unspecified atom stereocenters. The number of aryl methyl sites for hydroxylation is 1. The van der Waals surface area contributed by atoms with Crippen molar-refractivity contribution < 1.29 is 33.4 Å². The lowest BCUT2D eigenvalue weighted by atomic mass is 10.2. The van der Waals surface area contributed by atoms with E-state index in [1.54, 1.807) is 30.3 Å². The summed E-state index contributed by atoms with van der Waals surface area (Å²) in [6.45, 7) is 1.29. The van der Waals surface area contributed by atoms with Gasteiger partial charge in [0.25, 0.3) is 17.1 Å². The van der Waals surface area contributed by atoms with Crippen LogP contribution in [0.2, 0.25) is 0 Å². The van der Waals surface area contributed by atoms with Gasteiger partial charge in [-0.1, -0.05) is 23.8 Å². The maximum Gasteiger partial charge on any atom is 0.325 e. The van der Waals surface area contributed by atoms with E-state index >= 15 is 0 Å². The molecule has 9 nitrogen and oxygen atoms in total. The summed E-state index contributed by atoms with van der Waals surface area (Å²) >= 11 is 0.728. The van der Waals surface area contributed by atoms with Gasteiger partial charge >= 0.3 is 5.97 Å². The smallest absolute Gasteiger partial charge is 0.325 e. The number of carbonyl (C=O) groups is 4. The Labute approximate surface area is 194 Å². The molecule has 0 spiro atoms. The molecule has 2 aromatic carbocycles. The first-order valence-electron chi connectivity index (χ1n) is 9.80. The van der Waals surface area contributed by atoms with Crippen LogP contribution in [0.1, 0.15) is 11.1 Å². The molecular weight excluding hydrogens is 448 g/mol. The minimum absolute atomic E-state index is 0.164. The summed E-state index contributed by atoms with van der Waals surface area (Å²) in [5, 5.41) is 2.19. The molecule has 33 heavy (non-hydrogen) atoms. The Morgan fingerprint density at radius 1 is 1.06 bits per heavy atom. The zero-order chi connectivity index (χ0) is 24.0. The Morgan fingerprint density at radius 2 is 1.79 bits per heavy atom. The summed E-state index contributed by atoms with van der Waals surface area (Å²) in [5.74, 6) is -0.909. The number of esters is 1. The highest BCUT2D eigenvalue weighted by Crippen LogP contribution is 2.34. The third-order valence-corrected chi connectivity index (χ3v) is 5.48. The highest BCUT2D eigenvalue weighted by atomic mass is 32.2. The summed E-state index contributed by atoms with van der Waals surface area (Å²) in [6, 6.07) is 12.3. The molecule has 1 fully saturated rings. The van der Waals surface area contributed by atoms with E-state index in [0.29, 0.717) is 22.7 Å². The number of rotatable bonds is 8. The van der Waals surface area contributed by atoms with Crippen LogP contribution in [0, 0.1) is 6.92 Å². The van der Waals surface area contributed by atoms with Crippen molar-refractivity contribution in [3.05, 3.63) is 58.5 Å². The van der Waals surface area contributed by atoms with E-state index in [2.05, 4.69) is 10.1 Å². The average Bonchev–Trinajstić information content (AvgIpc) is 3.06. The number of nitrogens with zero attached hydrogens (tertiary/aromatic N) is 1. The molecule has 1 saturated heterocycles. The fraction of sp³-hybridized carbons (Fsp3) is 0.217. The fourth-order valence-corrected chi connectivity index (χ4v) is 3.69. The molecule has 0 radical (unpaired) electrons. The second kappa shape index (κ2) is 10.7. The van der Waals surface area contributed by atoms with Crippen molar-refractivity contribution in [1.82, 2.24) is 4.90 Å². The van der Waals surface area contributed by atoms with E-state index in [9.17, 15) is 19.2 Å². The Balaban J connectivity index is 1.66. The molecule has 1 aliphatic heterocycles. The van der Waals surface area contributed by atoms with Crippen molar-refractivity contribution >= 4 is 46.5 Å². The maximum absolute atomic E-state index is 12.4. The normalized spacial score (nSPS) is 14.4. The van der Waals surface area contributed by atoms with E-state index in [-0.39, 0.29) is 17.4 Å². The van der Waals surface area contributed by atoms with Gasteiger partial charge in [-0.3, -0.25) is 24.1 Å². The van der Waals surface area contributed by atoms with Gasteiger partial charge in [0.2, 0.25) is 0 Å². The molecule has 0 bridgehead atoms. The van der Waals surface area contributed by atoms with Gasteiger partial charge in [0.05, 0.1) is 19.1 Å². The molecule has 0 saturated carbocycles. The maximum atomic E-state index is 12.4. The van der Waals surface area contributed by atoms with Crippen molar-refractivity contribution in [3.8, 4) is 11.5 Å². The third kappa shape index (κ3) is 6.13. The van der Waals surface area contributed by atoms with Crippen LogP contribution in [-0.2, 0) is 19.1 Å². The van der Waals surface area contributed by atoms with Crippen LogP contribution in [-0.4, -0.2) is 55.3 Å². The van der Waals surface area contributed by atoms with Crippen molar-refractivity contribution in [2.24, 2.45) is 0 Å². The zero-order valence-electron chi connectivity index (χ0n) is 18.2. The lowest BCUT2D eigenvalue weighted by Gasteiger charge is -2.12. The summed E-state index contributed by atoms with van der Waals surface area (Å²) in [5.41, 5.74) is 2.33. The van der Waals surface area contributed by atoms with Crippen molar-refractivity contribution in [2.45, 2.75) is 6.92 Å². The van der Waals surface area contributed by atoms with Crippen LogP contribution < -0.4 is 14.8 Å². The first kappa shape index (κ1) is 23.9. The molecule has 10 heteroatoms. The molecule has 1 N–H and O–H groups in total. The van der Waals surface area contributed by atoms with Crippen molar-refractivity contribution in [1.29, 1.82) is 0 Å². The van der Waals surface area contributed by atoms with Gasteiger partial charge in [0, 0.05) is 5.69 Å². The summed E-state index contributed by atoms with van der Waals surface area (Å²) in [7, 11) is 2.63. The number of anilines is 1. The summed E-state index contributed by atoms with van der Waals surface area (Å²) in [4.78, 5) is 49.1. The van der Waals surface area contributed by atoms with E-state index < -0.39 is 23.7 Å². The van der Waals surface area contributed by atoms with Crippen LogP contribution in [0.5, 0.6) is 11.5 Å². The van der Waals surface area contributed by atoms with Crippen LogP contribution in [0.15, 0.2) is 47.4 Å². The molecule has 172 valence electrons. The van der Waals surface area contributed by atoms with Gasteiger partial charge < -0.3 is 19.5 Å². The number of hydrogen-bond acceptors (Lipinski definition) is 8. The summed E-state index contributed by atoms with van der Waals surface area (Å²) in [6.07, 6.45) is 1.51. The molecule has 0 aliphatic carbocycles. The molecular formula is C23H22N2O7S. The predicted molar refractivity (Wildman–Crippen MR) is 123 cm³/mol. The Kier molecular flexibility index (Phi) is 7.73. The monoisotopic (exact) mass is 470 g/mol. The van der Waals surface area contributed by atoms with E-state index in [1.165, 1.54) is 20.3 Å². The number of methoxy groups -OCH3 is 2. The van der Waals surface area contributed by atoms with Crippen LogP contribution in [0.25, 0.3) is 6.08 Å². The molecule has 3 amide bonds. The molecule has 2 aromatic rings. The second-order valence-corrected chi connectivity index (χ2v) is 7.95. The first-order chi connectivity index (χ1) is 15.8. The van der Waals surface area contributed by atoms with Crippen LogP contribution in [0.4, 0.5) is 10.5 Å². The Morgan fingerprint density at radius 3 is 2.45 bits per heavy atom. The van der Waals surface area contributed by atoms with Gasteiger partial charge in [0.15, 0.2) is 18.1 Å². The van der Waals surface area contributed by atoms with Gasteiger partial charge in [-0.25, -0.2) is 0 Å². The lowest BCUT2D eigenvalue weighted by molar-refractivity contribution is -0.143. The quantitative estimate of drug-likeness (QED) is 0.462. The fourth-order valence-electron chi connectivity index (χ4n) is 2.85. The number of benzene rings is 2. The molecule has 3 rings (SSSR count). The predicted octanol–water partition coefficient (Wildman–Crippen LogP) is 3.23. The summed E-state index contributed by atoms with van der Waals surface area (Å²) < 4.78 is 15.4. The standard InChI is InChI=1S/C23H22N2O7S/c1-14-4-7-16(8-5-14)24-20(26)13-32-17-9-6-15(10-18(17)30-2)11-19-22(28)25(23(29)33-19)12-21(27)31-3/h4-11H,12-13H2,1-3H3,(H,24,26)/b19-11+. The molecule has 1 aliphatic rings. The SMILES string of the molecule is COC(=O)CN1C(=O)S/C(=C/c2ccc(OCC(=O)Nc3ccc(C)cc3)c(OC)c2)C1=O. The Bertz CT molecular complexity index is 1110. The van der Waals surface area contributed by atoms with Crippen LogP contribution >= 0.6 is 11.8 Å². The van der Waals surface area contributed by atoms with Gasteiger partial charge in [-0.05, 0) is 54.6 Å². The first-order valence-corrected chi connectivity index (χ1v) is 10.6. The second-order valence-electron chi connectivity index (χ2n) is 6.96. The van der Waals surface area contributed by atoms with Crippen molar-refractivity contribution in [2.75, 3.05) is 32.7 Å². The lowest BCUT2D eigenvalue weighted by Crippen LogP contribution is -2.34. The number of thioether (sulfide) groups is 1. The topological polar surface area (TPSA) is 111 Å². The number of amides is 3. The highest BCUT2D eigenvalue weighted by molar-refractivity contribution is 8.18. The van der Waals surface area contributed by atoms with Gasteiger partial charge in [0.1, 0.15) is 6.54 Å². The average molecular weight is 471 g/mol. The van der Waals surface area contributed by atoms with Crippen LogP contribution in [0.3, 0.4) is 0 Å². The number of nitrogens with one attached hydrogen (secondary N) is 1. The molecule has 1 heterocycles.